The normalized spacial score (nSPS) is 11.5. The number of aromatic nitrogens is 4. The van der Waals surface area contributed by atoms with Crippen molar-refractivity contribution in [1.82, 2.24) is 9.13 Å². The molecule has 0 fully saturated rings. The van der Waals surface area contributed by atoms with Gasteiger partial charge in [0.1, 0.15) is 24.8 Å². The summed E-state index contributed by atoms with van der Waals surface area (Å²) in [6.45, 7) is 9.30. The van der Waals surface area contributed by atoms with E-state index in [1.807, 2.05) is 0 Å². The summed E-state index contributed by atoms with van der Waals surface area (Å²) in [5.41, 5.74) is 0. The Morgan fingerprint density at radius 3 is 1.14 bits per heavy atom. The van der Waals surface area contributed by atoms with E-state index >= 15 is 0 Å². The minimum Gasteiger partial charge on any atom is -0.237 e. The Labute approximate surface area is 224 Å². The van der Waals surface area contributed by atoms with Crippen LogP contribution in [0.25, 0.3) is 0 Å². The van der Waals surface area contributed by atoms with Crippen LogP contribution in [0.5, 0.6) is 0 Å². The van der Waals surface area contributed by atoms with Crippen LogP contribution >= 0.6 is 0 Å². The zero-order chi connectivity index (χ0) is 25.5. The van der Waals surface area contributed by atoms with Gasteiger partial charge in [0.05, 0.1) is 26.2 Å². The molecule has 0 saturated carbocycles. The standard InChI is InChI=1S/C32H60N4/c1-3-5-7-9-15-19-23-33-27-29-35(31-33)25-21-17-13-11-12-14-18-22-26-36-30-28-34(32-36)24-20-16-10-8-6-4-2/h27-32H,3-26H2,1-2H3/q+2. The molecule has 4 nitrogen and oxygen atoms in total. The predicted molar refractivity (Wildman–Crippen MR) is 153 cm³/mol. The molecule has 0 bridgehead atoms. The van der Waals surface area contributed by atoms with Gasteiger partial charge in [-0.1, -0.05) is 90.9 Å². The van der Waals surface area contributed by atoms with Crippen LogP contribution in [0, 0.1) is 0 Å². The molecule has 0 amide bonds. The number of hydrogen-bond acceptors (Lipinski definition) is 0. The molecule has 2 heterocycles. The van der Waals surface area contributed by atoms with Crippen LogP contribution in [0.2, 0.25) is 0 Å². The van der Waals surface area contributed by atoms with Gasteiger partial charge in [-0.25, -0.2) is 18.3 Å². The van der Waals surface area contributed by atoms with Crippen LogP contribution in [-0.2, 0) is 26.2 Å². The van der Waals surface area contributed by atoms with Crippen LogP contribution in [-0.4, -0.2) is 9.13 Å². The maximum Gasteiger partial charge on any atom is 0.243 e. The van der Waals surface area contributed by atoms with Crippen molar-refractivity contribution in [3.8, 4) is 0 Å². The van der Waals surface area contributed by atoms with E-state index in [2.05, 4.69) is 69.6 Å². The average Bonchev–Trinajstić information content (AvgIpc) is 3.54. The molecule has 0 N–H and O–H groups in total. The third-order valence-electron chi connectivity index (χ3n) is 7.61. The zero-order valence-corrected chi connectivity index (χ0v) is 24.2. The van der Waals surface area contributed by atoms with E-state index in [1.165, 1.54) is 155 Å². The van der Waals surface area contributed by atoms with Gasteiger partial charge in [-0.2, -0.15) is 0 Å². The SMILES string of the molecule is CCCCCCCCn1cc[n+](CCCCCCCCCC[n+]2ccn(CCCCCCCC)c2)c1. The molecule has 2 rings (SSSR count). The Kier molecular flexibility index (Phi) is 18.3. The topological polar surface area (TPSA) is 17.6 Å². The van der Waals surface area contributed by atoms with Crippen LogP contribution in [0.1, 0.15) is 142 Å². The summed E-state index contributed by atoms with van der Waals surface area (Å²) in [5.74, 6) is 0. The third-order valence-corrected chi connectivity index (χ3v) is 7.61. The van der Waals surface area contributed by atoms with Crippen molar-refractivity contribution in [1.29, 1.82) is 0 Å². The lowest BCUT2D eigenvalue weighted by Crippen LogP contribution is -2.30. The van der Waals surface area contributed by atoms with E-state index in [9.17, 15) is 0 Å². The first kappa shape index (κ1) is 30.6. The van der Waals surface area contributed by atoms with Gasteiger partial charge in [0, 0.05) is 0 Å². The van der Waals surface area contributed by atoms with Crippen molar-refractivity contribution in [3.63, 3.8) is 0 Å². The molecule has 4 heteroatoms. The summed E-state index contributed by atoms with van der Waals surface area (Å²) in [6, 6.07) is 0. The summed E-state index contributed by atoms with van der Waals surface area (Å²) in [6.07, 6.45) is 41.2. The molecule has 0 atom stereocenters. The highest BCUT2D eigenvalue weighted by atomic mass is 15.1. The van der Waals surface area contributed by atoms with Crippen molar-refractivity contribution in [2.75, 3.05) is 0 Å². The lowest BCUT2D eigenvalue weighted by molar-refractivity contribution is -0.697. The van der Waals surface area contributed by atoms with Gasteiger partial charge in [0.25, 0.3) is 0 Å². The minimum absolute atomic E-state index is 1.18. The van der Waals surface area contributed by atoms with Crippen LogP contribution in [0.4, 0.5) is 0 Å². The Bertz CT molecular complexity index is 670. The maximum atomic E-state index is 2.38. The lowest BCUT2D eigenvalue weighted by atomic mass is 10.1. The fraction of sp³-hybridized carbons (Fsp3) is 0.812. The molecule has 0 saturated heterocycles. The highest BCUT2D eigenvalue weighted by Gasteiger charge is 2.05. The van der Waals surface area contributed by atoms with E-state index in [0.29, 0.717) is 0 Å². The van der Waals surface area contributed by atoms with Crippen molar-refractivity contribution in [2.45, 2.75) is 168 Å². The van der Waals surface area contributed by atoms with Crippen molar-refractivity contribution in [2.24, 2.45) is 0 Å². The highest BCUT2D eigenvalue weighted by molar-refractivity contribution is 4.67. The van der Waals surface area contributed by atoms with Crippen molar-refractivity contribution < 1.29 is 9.13 Å². The Balaban J connectivity index is 1.36. The second kappa shape index (κ2) is 21.5. The second-order valence-corrected chi connectivity index (χ2v) is 11.1. The third kappa shape index (κ3) is 15.5. The smallest absolute Gasteiger partial charge is 0.237 e. The number of imidazole rings is 2. The van der Waals surface area contributed by atoms with Gasteiger partial charge in [-0.3, -0.25) is 0 Å². The average molecular weight is 501 g/mol. The van der Waals surface area contributed by atoms with Gasteiger partial charge >= 0.3 is 0 Å². The first-order valence-electron chi connectivity index (χ1n) is 15.9. The summed E-state index contributed by atoms with van der Waals surface area (Å²) >= 11 is 0. The summed E-state index contributed by atoms with van der Waals surface area (Å²) in [7, 11) is 0. The molecule has 0 aliphatic carbocycles. The molecule has 2 aromatic rings. The molecule has 0 spiro atoms. The van der Waals surface area contributed by atoms with E-state index in [0.717, 1.165) is 0 Å². The first-order valence-corrected chi connectivity index (χ1v) is 15.9. The minimum atomic E-state index is 1.18. The van der Waals surface area contributed by atoms with Crippen molar-refractivity contribution in [3.05, 3.63) is 37.4 Å². The van der Waals surface area contributed by atoms with Gasteiger partial charge in [0.2, 0.25) is 12.7 Å². The number of rotatable bonds is 25. The molecule has 2 aromatic heterocycles. The molecule has 0 aliphatic heterocycles. The zero-order valence-electron chi connectivity index (χ0n) is 24.2. The van der Waals surface area contributed by atoms with Crippen LogP contribution in [0.3, 0.4) is 0 Å². The van der Waals surface area contributed by atoms with E-state index < -0.39 is 0 Å². The van der Waals surface area contributed by atoms with Crippen LogP contribution < -0.4 is 9.13 Å². The molecule has 0 aliphatic rings. The van der Waals surface area contributed by atoms with E-state index in [-0.39, 0.29) is 0 Å². The molecule has 36 heavy (non-hydrogen) atoms. The molecule has 0 aromatic carbocycles. The Morgan fingerprint density at radius 2 is 0.750 bits per heavy atom. The number of aryl methyl sites for hydroxylation is 4. The molecular formula is C32H60N4+2. The Morgan fingerprint density at radius 1 is 0.417 bits per heavy atom. The molecule has 0 unspecified atom stereocenters. The Hall–Kier alpha value is -1.58. The fourth-order valence-corrected chi connectivity index (χ4v) is 5.21. The van der Waals surface area contributed by atoms with Crippen molar-refractivity contribution >= 4 is 0 Å². The molecular weight excluding hydrogens is 440 g/mol. The fourth-order valence-electron chi connectivity index (χ4n) is 5.21. The van der Waals surface area contributed by atoms with Gasteiger partial charge in [0.15, 0.2) is 0 Å². The quantitative estimate of drug-likeness (QED) is 0.0962. The van der Waals surface area contributed by atoms with Gasteiger partial charge < -0.3 is 0 Å². The van der Waals surface area contributed by atoms with Gasteiger partial charge in [-0.15, -0.1) is 0 Å². The predicted octanol–water partition coefficient (Wildman–Crippen LogP) is 8.41. The highest BCUT2D eigenvalue weighted by Crippen LogP contribution is 2.10. The van der Waals surface area contributed by atoms with Gasteiger partial charge in [-0.05, 0) is 51.4 Å². The summed E-state index contributed by atoms with van der Waals surface area (Å²) in [5, 5.41) is 0. The first-order chi connectivity index (χ1) is 17.8. The summed E-state index contributed by atoms with van der Waals surface area (Å²) in [4.78, 5) is 0. The monoisotopic (exact) mass is 500 g/mol. The summed E-state index contributed by atoms with van der Waals surface area (Å²) < 4.78 is 9.52. The largest absolute Gasteiger partial charge is 0.243 e. The molecule has 206 valence electrons. The lowest BCUT2D eigenvalue weighted by Gasteiger charge is -2.02. The number of nitrogens with zero attached hydrogens (tertiary/aromatic N) is 4. The molecule has 0 radical (unpaired) electrons. The number of hydrogen-bond donors (Lipinski definition) is 0. The van der Waals surface area contributed by atoms with Crippen LogP contribution in [0.15, 0.2) is 37.4 Å². The number of unbranched alkanes of at least 4 members (excludes halogenated alkanes) is 17. The van der Waals surface area contributed by atoms with E-state index in [4.69, 9.17) is 0 Å². The van der Waals surface area contributed by atoms with E-state index in [1.54, 1.807) is 0 Å². The maximum absolute atomic E-state index is 2.38. The second-order valence-electron chi connectivity index (χ2n) is 11.1.